The van der Waals surface area contributed by atoms with E-state index in [9.17, 15) is 0 Å². The number of benzene rings is 1. The van der Waals surface area contributed by atoms with Gasteiger partial charge in [-0.25, -0.2) is 0 Å². The summed E-state index contributed by atoms with van der Waals surface area (Å²) < 4.78 is 10.2. The lowest BCUT2D eigenvalue weighted by Gasteiger charge is -2.08. The van der Waals surface area contributed by atoms with Gasteiger partial charge < -0.3 is 14.7 Å². The number of ether oxygens (including phenoxy) is 2. The molecule has 16 heavy (non-hydrogen) atoms. The first-order valence-corrected chi connectivity index (χ1v) is 5.17. The van der Waals surface area contributed by atoms with Crippen molar-refractivity contribution in [2.75, 3.05) is 20.3 Å². The molecule has 1 rings (SSSR count). The van der Waals surface area contributed by atoms with Gasteiger partial charge in [0.1, 0.15) is 12.4 Å². The Kier molecular flexibility index (Phi) is 5.08. The number of hydrogen-bond donors (Lipinski definition) is 1. The second-order valence-electron chi connectivity index (χ2n) is 3.17. The molecule has 0 radical (unpaired) electrons. The van der Waals surface area contributed by atoms with Crippen molar-refractivity contribution in [2.24, 2.45) is 5.16 Å². The molecule has 0 aliphatic rings. The summed E-state index contributed by atoms with van der Waals surface area (Å²) in [5.74, 6) is 0.591. The Balaban J connectivity index is 2.75. The van der Waals surface area contributed by atoms with Gasteiger partial charge in [-0.2, -0.15) is 0 Å². The van der Waals surface area contributed by atoms with Crippen molar-refractivity contribution >= 4 is 17.3 Å². The molecule has 0 saturated carbocycles. The summed E-state index contributed by atoms with van der Waals surface area (Å²) in [6.45, 7) is 2.65. The lowest BCUT2D eigenvalue weighted by molar-refractivity contribution is 0.146. The molecule has 0 heterocycles. The molecule has 0 bridgehead atoms. The third kappa shape index (κ3) is 3.40. The van der Waals surface area contributed by atoms with Crippen molar-refractivity contribution in [1.29, 1.82) is 0 Å². The fourth-order valence-corrected chi connectivity index (χ4v) is 1.37. The number of rotatable bonds is 5. The van der Waals surface area contributed by atoms with Crippen LogP contribution in [0, 0.1) is 0 Å². The monoisotopic (exact) mass is 243 g/mol. The summed E-state index contributed by atoms with van der Waals surface area (Å²) in [5.41, 5.74) is 1.26. The van der Waals surface area contributed by atoms with E-state index in [0.29, 0.717) is 29.7 Å². The Hall–Kier alpha value is -1.26. The summed E-state index contributed by atoms with van der Waals surface area (Å²) in [6, 6.07) is 5.21. The molecular weight excluding hydrogens is 230 g/mol. The summed E-state index contributed by atoms with van der Waals surface area (Å²) in [4.78, 5) is 0. The van der Waals surface area contributed by atoms with Crippen LogP contribution < -0.4 is 4.74 Å². The molecule has 0 amide bonds. The Labute approximate surface area is 99.4 Å². The first kappa shape index (κ1) is 12.8. The number of methoxy groups -OCH3 is 1. The molecule has 0 spiro atoms. The minimum absolute atomic E-state index is 0.447. The maximum atomic E-state index is 8.62. The number of nitrogens with zero attached hydrogens (tertiary/aromatic N) is 1. The normalized spacial score (nSPS) is 11.6. The van der Waals surface area contributed by atoms with Gasteiger partial charge in [0, 0.05) is 12.7 Å². The molecule has 0 saturated heterocycles. The quantitative estimate of drug-likeness (QED) is 0.374. The van der Waals surface area contributed by atoms with Gasteiger partial charge in [0.05, 0.1) is 17.3 Å². The zero-order chi connectivity index (χ0) is 12.0. The molecule has 1 aromatic carbocycles. The van der Waals surface area contributed by atoms with E-state index in [4.69, 9.17) is 26.3 Å². The smallest absolute Gasteiger partial charge is 0.138 e. The van der Waals surface area contributed by atoms with Crippen molar-refractivity contribution in [3.05, 3.63) is 28.8 Å². The molecule has 0 fully saturated rings. The van der Waals surface area contributed by atoms with E-state index in [0.717, 1.165) is 5.56 Å². The van der Waals surface area contributed by atoms with Crippen molar-refractivity contribution in [3.8, 4) is 5.75 Å². The van der Waals surface area contributed by atoms with Crippen LogP contribution in [0.1, 0.15) is 12.5 Å². The molecule has 0 aliphatic carbocycles. The highest BCUT2D eigenvalue weighted by atomic mass is 35.5. The second kappa shape index (κ2) is 6.35. The number of halogens is 1. The highest BCUT2D eigenvalue weighted by Gasteiger charge is 2.05. The Morgan fingerprint density at radius 3 is 2.75 bits per heavy atom. The first-order valence-electron chi connectivity index (χ1n) is 4.79. The second-order valence-corrected chi connectivity index (χ2v) is 3.58. The highest BCUT2D eigenvalue weighted by Crippen LogP contribution is 2.25. The Morgan fingerprint density at radius 1 is 1.44 bits per heavy atom. The van der Waals surface area contributed by atoms with Crippen LogP contribution in [-0.2, 0) is 4.74 Å². The van der Waals surface area contributed by atoms with Gasteiger partial charge in [0.2, 0.25) is 0 Å². The standard InChI is InChI=1S/C11H14ClNO3/c1-8(13-14)9-3-4-11(10(12)7-9)16-6-5-15-2/h3-4,7,14H,5-6H2,1-2H3/b13-8+. The first-order chi connectivity index (χ1) is 7.69. The molecule has 0 aromatic heterocycles. The van der Waals surface area contributed by atoms with Gasteiger partial charge in [-0.1, -0.05) is 16.8 Å². The van der Waals surface area contributed by atoms with E-state index in [1.54, 1.807) is 32.2 Å². The SMILES string of the molecule is COCCOc1ccc(/C(C)=N/O)cc1Cl. The van der Waals surface area contributed by atoms with Crippen LogP contribution in [0.2, 0.25) is 5.02 Å². The van der Waals surface area contributed by atoms with Crippen LogP contribution in [0.15, 0.2) is 23.4 Å². The van der Waals surface area contributed by atoms with E-state index in [1.165, 1.54) is 0 Å². The number of hydrogen-bond acceptors (Lipinski definition) is 4. The molecule has 1 aromatic rings. The third-order valence-corrected chi connectivity index (χ3v) is 2.34. The minimum atomic E-state index is 0.447. The van der Waals surface area contributed by atoms with Gasteiger partial charge >= 0.3 is 0 Å². The lowest BCUT2D eigenvalue weighted by atomic mass is 10.1. The van der Waals surface area contributed by atoms with Gasteiger partial charge in [0.15, 0.2) is 0 Å². The van der Waals surface area contributed by atoms with Gasteiger partial charge in [-0.05, 0) is 25.1 Å². The van der Waals surface area contributed by atoms with E-state index >= 15 is 0 Å². The summed E-state index contributed by atoms with van der Waals surface area (Å²) in [6.07, 6.45) is 0. The molecule has 5 heteroatoms. The summed E-state index contributed by atoms with van der Waals surface area (Å²) in [5, 5.41) is 12.2. The van der Waals surface area contributed by atoms with E-state index in [-0.39, 0.29) is 0 Å². The molecule has 1 N–H and O–H groups in total. The average Bonchev–Trinajstić information content (AvgIpc) is 2.30. The Bertz CT molecular complexity index is 379. The Morgan fingerprint density at radius 2 is 2.19 bits per heavy atom. The average molecular weight is 244 g/mol. The topological polar surface area (TPSA) is 51.0 Å². The third-order valence-electron chi connectivity index (χ3n) is 2.04. The minimum Gasteiger partial charge on any atom is -0.490 e. The maximum absolute atomic E-state index is 8.62. The van der Waals surface area contributed by atoms with Crippen molar-refractivity contribution < 1.29 is 14.7 Å². The molecule has 0 atom stereocenters. The van der Waals surface area contributed by atoms with E-state index in [2.05, 4.69) is 5.16 Å². The molecule has 4 nitrogen and oxygen atoms in total. The molecule has 0 aliphatic heterocycles. The molecule has 88 valence electrons. The maximum Gasteiger partial charge on any atom is 0.138 e. The molecule has 0 unspecified atom stereocenters. The van der Waals surface area contributed by atoms with Gasteiger partial charge in [-0.3, -0.25) is 0 Å². The predicted molar refractivity (Wildman–Crippen MR) is 62.8 cm³/mol. The predicted octanol–water partition coefficient (Wildman–Crippen LogP) is 2.56. The zero-order valence-electron chi connectivity index (χ0n) is 9.24. The van der Waals surface area contributed by atoms with E-state index < -0.39 is 0 Å². The van der Waals surface area contributed by atoms with Crippen LogP contribution in [-0.4, -0.2) is 31.2 Å². The van der Waals surface area contributed by atoms with Crippen LogP contribution in [0.5, 0.6) is 5.75 Å². The van der Waals surface area contributed by atoms with Gasteiger partial charge in [-0.15, -0.1) is 0 Å². The van der Waals surface area contributed by atoms with E-state index in [1.807, 2.05) is 0 Å². The fraction of sp³-hybridized carbons (Fsp3) is 0.364. The van der Waals surface area contributed by atoms with Crippen molar-refractivity contribution in [3.63, 3.8) is 0 Å². The van der Waals surface area contributed by atoms with Crippen LogP contribution in [0.25, 0.3) is 0 Å². The van der Waals surface area contributed by atoms with Crippen LogP contribution >= 0.6 is 11.6 Å². The highest BCUT2D eigenvalue weighted by molar-refractivity contribution is 6.32. The summed E-state index contributed by atoms with van der Waals surface area (Å²) in [7, 11) is 1.61. The zero-order valence-corrected chi connectivity index (χ0v) is 9.99. The number of oxime groups is 1. The van der Waals surface area contributed by atoms with Crippen molar-refractivity contribution in [2.45, 2.75) is 6.92 Å². The van der Waals surface area contributed by atoms with Crippen LogP contribution in [0.3, 0.4) is 0 Å². The van der Waals surface area contributed by atoms with Crippen LogP contribution in [0.4, 0.5) is 0 Å². The fourth-order valence-electron chi connectivity index (χ4n) is 1.14. The largest absolute Gasteiger partial charge is 0.490 e. The van der Waals surface area contributed by atoms with Gasteiger partial charge in [0.25, 0.3) is 0 Å². The lowest BCUT2D eigenvalue weighted by Crippen LogP contribution is -2.05. The summed E-state index contributed by atoms with van der Waals surface area (Å²) >= 11 is 6.01. The molecular formula is C11H14ClNO3. The van der Waals surface area contributed by atoms with Crippen molar-refractivity contribution in [1.82, 2.24) is 0 Å².